The Morgan fingerprint density at radius 2 is 2.16 bits per heavy atom. The van der Waals surface area contributed by atoms with Gasteiger partial charge in [0.15, 0.2) is 0 Å². The minimum Gasteiger partial charge on any atom is -0.382 e. The molecule has 1 atom stereocenters. The number of hydrogen-bond acceptors (Lipinski definition) is 2. The van der Waals surface area contributed by atoms with Crippen LogP contribution in [0.3, 0.4) is 0 Å². The Hall–Kier alpha value is -0.450. The summed E-state index contributed by atoms with van der Waals surface area (Å²) in [5.74, 6) is -0.145. The molecule has 1 N–H and O–H groups in total. The molecule has 1 aromatic carbocycles. The lowest BCUT2D eigenvalue weighted by molar-refractivity contribution is 0.140. The van der Waals surface area contributed by atoms with Gasteiger partial charge in [-0.1, -0.05) is 22.9 Å². The third-order valence-corrected chi connectivity index (χ3v) is 3.45. The molecule has 19 heavy (non-hydrogen) atoms. The molecule has 1 aromatic rings. The molecule has 1 rings (SSSR count). The maximum absolute atomic E-state index is 13.9. The van der Waals surface area contributed by atoms with Crippen LogP contribution >= 0.6 is 15.9 Å². The fourth-order valence-corrected chi connectivity index (χ4v) is 2.38. The molecule has 0 spiro atoms. The van der Waals surface area contributed by atoms with Crippen LogP contribution in [-0.2, 0) is 4.74 Å². The van der Waals surface area contributed by atoms with E-state index in [2.05, 4.69) is 28.2 Å². The third kappa shape index (κ3) is 6.02. The van der Waals surface area contributed by atoms with Gasteiger partial charge in [-0.05, 0) is 50.9 Å². The molecule has 0 saturated heterocycles. The number of ether oxygens (including phenoxy) is 1. The average molecular weight is 332 g/mol. The van der Waals surface area contributed by atoms with Gasteiger partial charge in [-0.25, -0.2) is 4.39 Å². The summed E-state index contributed by atoms with van der Waals surface area (Å²) in [4.78, 5) is 0. The smallest absolute Gasteiger partial charge is 0.128 e. The lowest BCUT2D eigenvalue weighted by Gasteiger charge is -2.20. The molecule has 2 nitrogen and oxygen atoms in total. The van der Waals surface area contributed by atoms with E-state index in [1.54, 1.807) is 6.07 Å². The molecule has 0 saturated carbocycles. The monoisotopic (exact) mass is 331 g/mol. The van der Waals surface area contributed by atoms with E-state index in [-0.39, 0.29) is 11.9 Å². The fourth-order valence-electron chi connectivity index (χ4n) is 2.00. The van der Waals surface area contributed by atoms with Gasteiger partial charge in [-0.3, -0.25) is 0 Å². The second-order valence-electron chi connectivity index (χ2n) is 4.51. The van der Waals surface area contributed by atoms with Crippen molar-refractivity contribution in [2.75, 3.05) is 19.8 Å². The number of nitrogens with one attached hydrogen (secondary N) is 1. The van der Waals surface area contributed by atoms with Crippen LogP contribution in [0.2, 0.25) is 0 Å². The van der Waals surface area contributed by atoms with Gasteiger partial charge in [-0.15, -0.1) is 0 Å². The largest absolute Gasteiger partial charge is 0.382 e. The highest BCUT2D eigenvalue weighted by atomic mass is 79.9. The molecule has 108 valence electrons. The first-order chi connectivity index (χ1) is 9.19. The summed E-state index contributed by atoms with van der Waals surface area (Å²) in [6, 6.07) is 5.17. The zero-order chi connectivity index (χ0) is 14.1. The summed E-state index contributed by atoms with van der Waals surface area (Å²) in [6.07, 6.45) is 2.85. The number of halogens is 2. The van der Waals surface area contributed by atoms with E-state index in [4.69, 9.17) is 4.74 Å². The number of hydrogen-bond donors (Lipinski definition) is 1. The maximum atomic E-state index is 13.9. The van der Waals surface area contributed by atoms with Crippen molar-refractivity contribution in [3.8, 4) is 0 Å². The van der Waals surface area contributed by atoms with Crippen LogP contribution < -0.4 is 5.32 Å². The molecule has 1 unspecified atom stereocenters. The molecular weight excluding hydrogens is 309 g/mol. The molecule has 0 aliphatic carbocycles. The van der Waals surface area contributed by atoms with Crippen molar-refractivity contribution in [2.45, 2.75) is 39.2 Å². The van der Waals surface area contributed by atoms with Gasteiger partial charge in [0.05, 0.1) is 0 Å². The van der Waals surface area contributed by atoms with Crippen LogP contribution in [0.1, 0.15) is 44.7 Å². The van der Waals surface area contributed by atoms with Crippen molar-refractivity contribution in [3.05, 3.63) is 34.1 Å². The Labute approximate surface area is 123 Å². The van der Waals surface area contributed by atoms with Crippen LogP contribution in [0.15, 0.2) is 22.7 Å². The van der Waals surface area contributed by atoms with Gasteiger partial charge < -0.3 is 10.1 Å². The summed E-state index contributed by atoms with van der Waals surface area (Å²) < 4.78 is 20.2. The van der Waals surface area contributed by atoms with E-state index < -0.39 is 0 Å². The highest BCUT2D eigenvalue weighted by Gasteiger charge is 2.15. The van der Waals surface area contributed by atoms with E-state index in [0.717, 1.165) is 49.1 Å². The van der Waals surface area contributed by atoms with Crippen molar-refractivity contribution in [1.82, 2.24) is 5.32 Å². The Morgan fingerprint density at radius 1 is 1.37 bits per heavy atom. The second-order valence-corrected chi connectivity index (χ2v) is 5.43. The Morgan fingerprint density at radius 3 is 2.84 bits per heavy atom. The zero-order valence-corrected chi connectivity index (χ0v) is 13.3. The van der Waals surface area contributed by atoms with Crippen LogP contribution in [0, 0.1) is 5.82 Å². The molecule has 0 heterocycles. The highest BCUT2D eigenvalue weighted by molar-refractivity contribution is 9.10. The molecule has 0 aliphatic rings. The molecular formula is C15H23BrFNO. The lowest BCUT2D eigenvalue weighted by atomic mass is 10.0. The quantitative estimate of drug-likeness (QED) is 0.675. The second kappa shape index (κ2) is 9.45. The lowest BCUT2D eigenvalue weighted by Crippen LogP contribution is -2.23. The average Bonchev–Trinajstić information content (AvgIpc) is 2.41. The predicted molar refractivity (Wildman–Crippen MR) is 80.9 cm³/mol. The predicted octanol–water partition coefficient (Wildman–Crippen LogP) is 4.45. The van der Waals surface area contributed by atoms with E-state index in [9.17, 15) is 4.39 Å². The first-order valence-corrected chi connectivity index (χ1v) is 7.74. The SMILES string of the molecule is CCCNC(CCCOCC)c1cc(Br)ccc1F. The van der Waals surface area contributed by atoms with Crippen LogP contribution in [0.4, 0.5) is 4.39 Å². The van der Waals surface area contributed by atoms with Gasteiger partial charge >= 0.3 is 0 Å². The molecule has 0 aromatic heterocycles. The molecule has 0 amide bonds. The Kier molecular flexibility index (Phi) is 8.26. The van der Waals surface area contributed by atoms with E-state index in [1.807, 2.05) is 13.0 Å². The van der Waals surface area contributed by atoms with Crippen molar-refractivity contribution in [2.24, 2.45) is 0 Å². The first kappa shape index (κ1) is 16.6. The van der Waals surface area contributed by atoms with E-state index >= 15 is 0 Å². The zero-order valence-electron chi connectivity index (χ0n) is 11.7. The van der Waals surface area contributed by atoms with Gasteiger partial charge in [0.25, 0.3) is 0 Å². The normalized spacial score (nSPS) is 12.6. The van der Waals surface area contributed by atoms with Gasteiger partial charge in [-0.2, -0.15) is 0 Å². The molecule has 4 heteroatoms. The maximum Gasteiger partial charge on any atom is 0.128 e. The molecule has 0 aliphatic heterocycles. The number of rotatable bonds is 9. The minimum atomic E-state index is -0.145. The molecule has 0 radical (unpaired) electrons. The Balaban J connectivity index is 2.68. The van der Waals surface area contributed by atoms with E-state index in [0.29, 0.717) is 0 Å². The highest BCUT2D eigenvalue weighted by Crippen LogP contribution is 2.25. The van der Waals surface area contributed by atoms with Crippen molar-refractivity contribution in [3.63, 3.8) is 0 Å². The third-order valence-electron chi connectivity index (χ3n) is 2.96. The van der Waals surface area contributed by atoms with Gasteiger partial charge in [0.1, 0.15) is 5.82 Å². The van der Waals surface area contributed by atoms with E-state index in [1.165, 1.54) is 6.07 Å². The minimum absolute atomic E-state index is 0.0536. The summed E-state index contributed by atoms with van der Waals surface area (Å²) in [6.45, 7) is 6.46. The molecule has 0 fully saturated rings. The summed E-state index contributed by atoms with van der Waals surface area (Å²) in [5, 5.41) is 3.41. The first-order valence-electron chi connectivity index (χ1n) is 6.95. The van der Waals surface area contributed by atoms with Crippen molar-refractivity contribution >= 4 is 15.9 Å². The van der Waals surface area contributed by atoms with Crippen LogP contribution in [0.25, 0.3) is 0 Å². The standard InChI is InChI=1S/C15H23BrFNO/c1-3-9-18-15(6-5-10-19-4-2)13-11-12(16)7-8-14(13)17/h7-8,11,15,18H,3-6,9-10H2,1-2H3. The number of benzene rings is 1. The Bertz CT molecular complexity index is 373. The van der Waals surface area contributed by atoms with Crippen molar-refractivity contribution in [1.29, 1.82) is 0 Å². The summed E-state index contributed by atoms with van der Waals surface area (Å²) in [7, 11) is 0. The van der Waals surface area contributed by atoms with Crippen LogP contribution in [-0.4, -0.2) is 19.8 Å². The summed E-state index contributed by atoms with van der Waals surface area (Å²) >= 11 is 3.41. The van der Waals surface area contributed by atoms with Gasteiger partial charge in [0.2, 0.25) is 0 Å². The van der Waals surface area contributed by atoms with Gasteiger partial charge in [0, 0.05) is 29.3 Å². The molecule has 0 bridgehead atoms. The fraction of sp³-hybridized carbons (Fsp3) is 0.600. The topological polar surface area (TPSA) is 21.3 Å². The van der Waals surface area contributed by atoms with Crippen LogP contribution in [0.5, 0.6) is 0 Å². The van der Waals surface area contributed by atoms with Crippen molar-refractivity contribution < 1.29 is 9.13 Å². The summed E-state index contributed by atoms with van der Waals surface area (Å²) in [5.41, 5.74) is 0.735.